The first-order chi connectivity index (χ1) is 10.1. The topological polar surface area (TPSA) is 55.1 Å². The quantitative estimate of drug-likeness (QED) is 0.858. The summed E-state index contributed by atoms with van der Waals surface area (Å²) in [5, 5.41) is 9.49. The van der Waals surface area contributed by atoms with Gasteiger partial charge in [0.1, 0.15) is 5.82 Å². The number of nitrogens with zero attached hydrogens (tertiary/aromatic N) is 2. The highest BCUT2D eigenvalue weighted by atomic mass is 16.4. The van der Waals surface area contributed by atoms with Crippen molar-refractivity contribution in [2.24, 2.45) is 0 Å². The molecule has 2 aromatic rings. The number of hydrogen-bond donors (Lipinski definition) is 1. The highest BCUT2D eigenvalue weighted by molar-refractivity contribution is 6.01. The molecule has 3 rings (SSSR count). The summed E-state index contributed by atoms with van der Waals surface area (Å²) in [6, 6.07) is 5.70. The number of fused-ring (bicyclic) bond motifs is 1. The minimum atomic E-state index is -0.869. The van der Waals surface area contributed by atoms with Gasteiger partial charge in [-0.1, -0.05) is 25.8 Å². The molecule has 0 amide bonds. The van der Waals surface area contributed by atoms with Gasteiger partial charge in [-0.2, -0.15) is 0 Å². The number of imidazole rings is 1. The second-order valence-electron chi connectivity index (χ2n) is 6.08. The van der Waals surface area contributed by atoms with Crippen molar-refractivity contribution in [2.75, 3.05) is 0 Å². The molecule has 0 bridgehead atoms. The molecule has 1 heterocycles. The molecule has 0 saturated heterocycles. The first-order valence-electron chi connectivity index (χ1n) is 7.87. The van der Waals surface area contributed by atoms with E-state index in [0.29, 0.717) is 17.5 Å². The van der Waals surface area contributed by atoms with Crippen molar-refractivity contribution in [2.45, 2.75) is 57.9 Å². The molecule has 1 atom stereocenters. The van der Waals surface area contributed by atoms with Crippen LogP contribution in [0.1, 0.15) is 74.1 Å². The Morgan fingerprint density at radius 2 is 2.24 bits per heavy atom. The molecule has 0 aliphatic heterocycles. The molecule has 1 saturated carbocycles. The highest BCUT2D eigenvalue weighted by Gasteiger charge is 2.32. The maximum absolute atomic E-state index is 11.6. The minimum Gasteiger partial charge on any atom is -0.478 e. The average Bonchev–Trinajstić information content (AvgIpc) is 3.24. The SMILES string of the molecule is CCCCC(C)n1c(C2CC2)nc2cccc(C(=O)O)c21. The number of benzene rings is 1. The Morgan fingerprint density at radius 1 is 1.48 bits per heavy atom. The smallest absolute Gasteiger partial charge is 0.337 e. The number of hydrogen-bond acceptors (Lipinski definition) is 2. The number of aromatic carboxylic acids is 1. The van der Waals surface area contributed by atoms with Crippen molar-refractivity contribution in [1.82, 2.24) is 9.55 Å². The summed E-state index contributed by atoms with van der Waals surface area (Å²) in [7, 11) is 0. The van der Waals surface area contributed by atoms with Crippen LogP contribution in [0.25, 0.3) is 11.0 Å². The maximum atomic E-state index is 11.6. The van der Waals surface area contributed by atoms with Gasteiger partial charge in [-0.25, -0.2) is 9.78 Å². The lowest BCUT2D eigenvalue weighted by Crippen LogP contribution is -2.11. The van der Waals surface area contributed by atoms with Crippen molar-refractivity contribution in [3.8, 4) is 0 Å². The predicted molar refractivity (Wildman–Crippen MR) is 82.9 cm³/mol. The fourth-order valence-electron chi connectivity index (χ4n) is 3.04. The molecule has 1 aliphatic carbocycles. The Kier molecular flexibility index (Phi) is 3.70. The molecule has 0 radical (unpaired) electrons. The minimum absolute atomic E-state index is 0.297. The number of rotatable bonds is 6. The van der Waals surface area contributed by atoms with Gasteiger partial charge in [-0.3, -0.25) is 0 Å². The third-order valence-corrected chi connectivity index (χ3v) is 4.33. The first-order valence-corrected chi connectivity index (χ1v) is 7.87. The molecule has 21 heavy (non-hydrogen) atoms. The van der Waals surface area contributed by atoms with Crippen molar-refractivity contribution >= 4 is 17.0 Å². The molecule has 112 valence electrons. The van der Waals surface area contributed by atoms with Gasteiger partial charge in [0.05, 0.1) is 16.6 Å². The Balaban J connectivity index is 2.17. The standard InChI is InChI=1S/C17H22N2O2/c1-3-4-6-11(2)19-15-13(17(20)21)7-5-8-14(15)18-16(19)12-9-10-12/h5,7-8,11-12H,3-4,6,9-10H2,1-2H3,(H,20,21). The molecule has 1 aliphatic rings. The lowest BCUT2D eigenvalue weighted by molar-refractivity contribution is 0.0698. The molecule has 1 aromatic carbocycles. The van der Waals surface area contributed by atoms with E-state index in [1.165, 1.54) is 12.8 Å². The van der Waals surface area contributed by atoms with Gasteiger partial charge >= 0.3 is 5.97 Å². The van der Waals surface area contributed by atoms with Crippen LogP contribution in [0.4, 0.5) is 0 Å². The fraction of sp³-hybridized carbons (Fsp3) is 0.529. The number of carbonyl (C=O) groups is 1. The van der Waals surface area contributed by atoms with Crippen LogP contribution in [0.3, 0.4) is 0 Å². The van der Waals surface area contributed by atoms with E-state index in [9.17, 15) is 9.90 Å². The van der Waals surface area contributed by atoms with Crippen molar-refractivity contribution in [3.63, 3.8) is 0 Å². The van der Waals surface area contributed by atoms with Gasteiger partial charge in [0.15, 0.2) is 0 Å². The molecule has 1 aromatic heterocycles. The second-order valence-corrected chi connectivity index (χ2v) is 6.08. The predicted octanol–water partition coefficient (Wildman–Crippen LogP) is 4.36. The highest BCUT2D eigenvalue weighted by Crippen LogP contribution is 2.42. The third kappa shape index (κ3) is 2.55. The average molecular weight is 286 g/mol. The second kappa shape index (κ2) is 5.51. The third-order valence-electron chi connectivity index (χ3n) is 4.33. The fourth-order valence-corrected chi connectivity index (χ4v) is 3.04. The van der Waals surface area contributed by atoms with Crippen molar-refractivity contribution in [1.29, 1.82) is 0 Å². The van der Waals surface area contributed by atoms with Gasteiger partial charge < -0.3 is 9.67 Å². The summed E-state index contributed by atoms with van der Waals surface area (Å²) in [6.45, 7) is 4.37. The van der Waals surface area contributed by atoms with Crippen LogP contribution in [-0.4, -0.2) is 20.6 Å². The van der Waals surface area contributed by atoms with E-state index < -0.39 is 5.97 Å². The van der Waals surface area contributed by atoms with E-state index in [-0.39, 0.29) is 0 Å². The number of carboxylic acids is 1. The lowest BCUT2D eigenvalue weighted by Gasteiger charge is -2.18. The van der Waals surface area contributed by atoms with E-state index >= 15 is 0 Å². The molecule has 4 heteroatoms. The van der Waals surface area contributed by atoms with Crippen LogP contribution >= 0.6 is 0 Å². The normalized spacial score (nSPS) is 16.3. The summed E-state index contributed by atoms with van der Waals surface area (Å²) in [4.78, 5) is 16.3. The maximum Gasteiger partial charge on any atom is 0.337 e. The summed E-state index contributed by atoms with van der Waals surface area (Å²) < 4.78 is 2.20. The van der Waals surface area contributed by atoms with Gasteiger partial charge in [0.2, 0.25) is 0 Å². The number of carboxylic acid groups (broad SMARTS) is 1. The summed E-state index contributed by atoms with van der Waals surface area (Å²) in [6.07, 6.45) is 5.72. The summed E-state index contributed by atoms with van der Waals surface area (Å²) in [5.41, 5.74) is 1.99. The summed E-state index contributed by atoms with van der Waals surface area (Å²) in [5.74, 6) is 0.734. The lowest BCUT2D eigenvalue weighted by atomic mass is 10.1. The van der Waals surface area contributed by atoms with Gasteiger partial charge in [-0.05, 0) is 38.3 Å². The largest absolute Gasteiger partial charge is 0.478 e. The van der Waals surface area contributed by atoms with Gasteiger partial charge in [0.25, 0.3) is 0 Å². The monoisotopic (exact) mass is 286 g/mol. The van der Waals surface area contributed by atoms with E-state index in [1.807, 2.05) is 6.07 Å². The van der Waals surface area contributed by atoms with E-state index in [0.717, 1.165) is 36.1 Å². The van der Waals surface area contributed by atoms with Crippen LogP contribution < -0.4 is 0 Å². The zero-order valence-electron chi connectivity index (χ0n) is 12.7. The van der Waals surface area contributed by atoms with E-state index in [2.05, 4.69) is 18.4 Å². The van der Waals surface area contributed by atoms with Crippen LogP contribution in [0, 0.1) is 0 Å². The Bertz CT molecular complexity index is 671. The molecular weight excluding hydrogens is 264 g/mol. The summed E-state index contributed by atoms with van der Waals surface area (Å²) >= 11 is 0. The number of para-hydroxylation sites is 1. The van der Waals surface area contributed by atoms with Crippen LogP contribution in [-0.2, 0) is 0 Å². The number of unbranched alkanes of at least 4 members (excludes halogenated alkanes) is 1. The Labute approximate surface area is 124 Å². The van der Waals surface area contributed by atoms with Crippen molar-refractivity contribution in [3.05, 3.63) is 29.6 Å². The van der Waals surface area contributed by atoms with Gasteiger partial charge in [0, 0.05) is 12.0 Å². The molecule has 4 nitrogen and oxygen atoms in total. The molecular formula is C17H22N2O2. The molecule has 0 spiro atoms. The van der Waals surface area contributed by atoms with Crippen LogP contribution in [0.2, 0.25) is 0 Å². The van der Waals surface area contributed by atoms with Crippen molar-refractivity contribution < 1.29 is 9.90 Å². The first kappa shape index (κ1) is 14.1. The van der Waals surface area contributed by atoms with Gasteiger partial charge in [-0.15, -0.1) is 0 Å². The molecule has 1 unspecified atom stereocenters. The zero-order chi connectivity index (χ0) is 15.0. The van der Waals surface area contributed by atoms with Crippen LogP contribution in [0.5, 0.6) is 0 Å². The zero-order valence-corrected chi connectivity index (χ0v) is 12.7. The molecule has 1 N–H and O–H groups in total. The van der Waals surface area contributed by atoms with E-state index in [1.54, 1.807) is 12.1 Å². The van der Waals surface area contributed by atoms with E-state index in [4.69, 9.17) is 4.98 Å². The van der Waals surface area contributed by atoms with Crippen LogP contribution in [0.15, 0.2) is 18.2 Å². The Hall–Kier alpha value is -1.84. The number of aromatic nitrogens is 2. The Morgan fingerprint density at radius 3 is 2.86 bits per heavy atom. The molecule has 1 fully saturated rings.